The molecule has 0 saturated carbocycles. The van der Waals surface area contributed by atoms with Gasteiger partial charge in [-0.3, -0.25) is 25.3 Å². The standard InChI is InChI=1S/4C6H5.C4F9O6S3.Sb/c4*1-2-4-6-5-3-1;5-2(6,7)20(14,15)1(21(16,17)3(8,9)10)22(18,19)4(11,12)13;/h4*1-5H;;/q;;;;-1;+1. The number of hydrogen-bond donors (Lipinski definition) is 0. The number of benzene rings is 4. The Morgan fingerprint density at radius 3 is 0.681 bits per heavy atom. The monoisotopic (exact) mass is 840 g/mol. The first-order chi connectivity index (χ1) is 21.5. The fourth-order valence-electron chi connectivity index (χ4n) is 4.22. The van der Waals surface area contributed by atoms with Crippen LogP contribution in [0.3, 0.4) is 0 Å². The molecule has 0 aliphatic rings. The van der Waals surface area contributed by atoms with Crippen LogP contribution in [0.4, 0.5) is 39.5 Å². The van der Waals surface area contributed by atoms with Gasteiger partial charge in [0, 0.05) is 0 Å². The number of rotatable bonds is 7. The van der Waals surface area contributed by atoms with Gasteiger partial charge in [0.2, 0.25) is 0 Å². The zero-order valence-electron chi connectivity index (χ0n) is 23.1. The van der Waals surface area contributed by atoms with Crippen LogP contribution in [0.15, 0.2) is 121 Å². The Morgan fingerprint density at radius 2 is 0.532 bits per heavy atom. The van der Waals surface area contributed by atoms with Gasteiger partial charge in [0.05, 0.1) is 3.91 Å². The molecule has 47 heavy (non-hydrogen) atoms. The summed E-state index contributed by atoms with van der Waals surface area (Å²) in [6.07, 6.45) is 0. The maximum atomic E-state index is 12.0. The quantitative estimate of drug-likeness (QED) is 0.156. The van der Waals surface area contributed by atoms with Gasteiger partial charge in [-0.05, 0) is 0 Å². The Morgan fingerprint density at radius 1 is 0.362 bits per heavy atom. The van der Waals surface area contributed by atoms with Crippen LogP contribution in [0.2, 0.25) is 0 Å². The predicted molar refractivity (Wildman–Crippen MR) is 158 cm³/mol. The van der Waals surface area contributed by atoms with Crippen molar-refractivity contribution < 1.29 is 64.8 Å². The van der Waals surface area contributed by atoms with Gasteiger partial charge in [-0.1, -0.05) is 0 Å². The number of alkyl halides is 9. The molecule has 0 heterocycles. The second-order valence-corrected chi connectivity index (χ2v) is 25.2. The molecule has 0 aliphatic carbocycles. The molecule has 19 heteroatoms. The van der Waals surface area contributed by atoms with Crippen LogP contribution in [0.5, 0.6) is 0 Å². The molecule has 254 valence electrons. The minimum absolute atomic E-state index is 1.48. The van der Waals surface area contributed by atoms with Crippen LogP contribution in [0.1, 0.15) is 0 Å². The van der Waals surface area contributed by atoms with Crippen LogP contribution < -0.4 is 14.0 Å². The molecular weight excluding hydrogens is 821 g/mol. The molecule has 6 nitrogen and oxygen atoms in total. The summed E-state index contributed by atoms with van der Waals surface area (Å²) in [5.41, 5.74) is -21.2. The third-order valence-corrected chi connectivity index (χ3v) is 25.5. The van der Waals surface area contributed by atoms with E-state index >= 15 is 0 Å². The molecule has 4 rings (SSSR count). The van der Waals surface area contributed by atoms with Crippen LogP contribution in [0, 0.1) is 3.91 Å². The maximum absolute atomic E-state index is 12.0. The van der Waals surface area contributed by atoms with Gasteiger partial charge >= 0.3 is 171 Å². The minimum atomic E-state index is -8.02. The molecule has 0 N–H and O–H groups in total. The van der Waals surface area contributed by atoms with Gasteiger partial charge < -0.3 is 0 Å². The van der Waals surface area contributed by atoms with Crippen molar-refractivity contribution in [2.75, 3.05) is 0 Å². The van der Waals surface area contributed by atoms with E-state index in [-0.39, 0.29) is 0 Å². The van der Waals surface area contributed by atoms with Gasteiger partial charge in [-0.2, -0.15) is 39.5 Å². The summed E-state index contributed by atoms with van der Waals surface area (Å²) in [7, 11) is -24.1. The van der Waals surface area contributed by atoms with E-state index in [1.165, 1.54) is 14.0 Å². The molecule has 0 saturated heterocycles. The summed E-state index contributed by atoms with van der Waals surface area (Å²) in [5, 5.41) is 0. The van der Waals surface area contributed by atoms with Crippen molar-refractivity contribution in [1.82, 2.24) is 0 Å². The van der Waals surface area contributed by atoms with Gasteiger partial charge in [-0.15, -0.1) is 0 Å². The van der Waals surface area contributed by atoms with Crippen molar-refractivity contribution in [3.8, 4) is 0 Å². The van der Waals surface area contributed by atoms with E-state index in [9.17, 15) is 64.8 Å². The average Bonchev–Trinajstić information content (AvgIpc) is 2.98. The van der Waals surface area contributed by atoms with E-state index < -0.39 is 68.8 Å². The van der Waals surface area contributed by atoms with Gasteiger partial charge in [-0.25, -0.2) is 0 Å². The Hall–Kier alpha value is -3.08. The predicted octanol–water partition coefficient (Wildman–Crippen LogP) is 4.30. The first-order valence-corrected chi connectivity index (χ1v) is 22.0. The summed E-state index contributed by atoms with van der Waals surface area (Å²) in [4.78, 5) is 0. The number of halogens is 9. The summed E-state index contributed by atoms with van der Waals surface area (Å²) < 4.78 is 173. The number of sulfone groups is 3. The second-order valence-electron chi connectivity index (χ2n) is 9.11. The molecule has 0 spiro atoms. The van der Waals surface area contributed by atoms with E-state index in [4.69, 9.17) is 0 Å². The van der Waals surface area contributed by atoms with Crippen LogP contribution in [0.25, 0.3) is 0 Å². The summed E-state index contributed by atoms with van der Waals surface area (Å²) >= 11 is -3.17. The Kier molecular flexibility index (Phi) is 11.3. The Balaban J connectivity index is 0.000000259. The summed E-state index contributed by atoms with van der Waals surface area (Å²) in [6, 6.07) is 44.4. The van der Waals surface area contributed by atoms with E-state index in [2.05, 4.69) is 121 Å². The zero-order valence-corrected chi connectivity index (χ0v) is 28.1. The van der Waals surface area contributed by atoms with Gasteiger partial charge in [0.1, 0.15) is 0 Å². The molecule has 0 radical (unpaired) electrons. The molecule has 0 bridgehead atoms. The first kappa shape index (κ1) is 38.4. The van der Waals surface area contributed by atoms with Crippen LogP contribution in [-0.4, -0.2) is 60.6 Å². The van der Waals surface area contributed by atoms with E-state index in [1.54, 1.807) is 0 Å². The van der Waals surface area contributed by atoms with Crippen molar-refractivity contribution in [3.05, 3.63) is 125 Å². The fraction of sp³-hybridized carbons (Fsp3) is 0.107. The fourth-order valence-corrected chi connectivity index (χ4v) is 22.1. The average molecular weight is 841 g/mol. The molecule has 0 atom stereocenters. The van der Waals surface area contributed by atoms with Crippen molar-refractivity contribution >= 4 is 62.4 Å². The molecule has 0 aliphatic heterocycles. The number of hydrogen-bond acceptors (Lipinski definition) is 6. The Bertz CT molecular complexity index is 1700. The molecule has 0 fully saturated rings. The normalized spacial score (nSPS) is 13.5. The molecule has 4 aromatic carbocycles. The van der Waals surface area contributed by atoms with Crippen molar-refractivity contribution in [2.24, 2.45) is 0 Å². The summed E-state index contributed by atoms with van der Waals surface area (Å²) in [5.74, 6) is 0. The van der Waals surface area contributed by atoms with Crippen LogP contribution >= 0.6 is 0 Å². The molecule has 4 aromatic rings. The topological polar surface area (TPSA) is 102 Å². The molecular formula is C28H20F9O6S3Sb. The SMILES string of the molecule is O=S(=O)([C-](S(=O)(=O)C(F)(F)F)S(=O)(=O)C(F)(F)F)C(F)(F)F.c1cc[c]([Sb+]([c]2ccccc2)([c]2ccccc2)[c]2ccccc2)cc1. The van der Waals surface area contributed by atoms with E-state index in [0.717, 1.165) is 0 Å². The van der Waals surface area contributed by atoms with E-state index in [1.807, 2.05) is 0 Å². The Labute approximate surface area is 267 Å². The third kappa shape index (κ3) is 7.49. The van der Waals surface area contributed by atoms with Crippen molar-refractivity contribution in [1.29, 1.82) is 0 Å². The zero-order chi connectivity index (χ0) is 35.5. The van der Waals surface area contributed by atoms with Gasteiger partial charge in [0.25, 0.3) is 0 Å². The molecule has 0 aromatic heterocycles. The third-order valence-electron chi connectivity index (χ3n) is 6.15. The van der Waals surface area contributed by atoms with E-state index in [0.29, 0.717) is 0 Å². The molecule has 0 amide bonds. The molecule has 0 unspecified atom stereocenters. The second kappa shape index (κ2) is 13.8. The van der Waals surface area contributed by atoms with Crippen molar-refractivity contribution in [2.45, 2.75) is 16.5 Å². The van der Waals surface area contributed by atoms with Crippen molar-refractivity contribution in [3.63, 3.8) is 0 Å². The van der Waals surface area contributed by atoms with Gasteiger partial charge in [0.15, 0.2) is 29.5 Å². The van der Waals surface area contributed by atoms with Crippen LogP contribution in [-0.2, 0) is 29.5 Å². The first-order valence-electron chi connectivity index (χ1n) is 12.5. The summed E-state index contributed by atoms with van der Waals surface area (Å²) in [6.45, 7) is 0.